The number of esters is 1. The van der Waals surface area contributed by atoms with Crippen LogP contribution in [0.4, 0.5) is 0 Å². The average molecular weight is 475 g/mol. The van der Waals surface area contributed by atoms with E-state index in [9.17, 15) is 9.59 Å². The van der Waals surface area contributed by atoms with Crippen molar-refractivity contribution in [1.82, 2.24) is 4.90 Å². The highest BCUT2D eigenvalue weighted by Crippen LogP contribution is 2.47. The molecule has 0 bridgehead atoms. The summed E-state index contributed by atoms with van der Waals surface area (Å²) in [4.78, 5) is 26.5. The van der Waals surface area contributed by atoms with Gasteiger partial charge in [0.25, 0.3) is 5.91 Å². The number of carbonyl (C=O) groups excluding carboxylic acids is 2. The van der Waals surface area contributed by atoms with Crippen molar-refractivity contribution >= 4 is 43.7 Å². The molecule has 1 saturated heterocycles. The highest BCUT2D eigenvalue weighted by Gasteiger charge is 2.61. The minimum Gasteiger partial charge on any atom is -0.456 e. The molecule has 1 heterocycles. The summed E-state index contributed by atoms with van der Waals surface area (Å²) < 4.78 is 10.2. The zero-order chi connectivity index (χ0) is 18.8. The van der Waals surface area contributed by atoms with Gasteiger partial charge in [0, 0.05) is 0 Å². The molecular weight excluding hydrogens is 454 g/mol. The molecule has 0 saturated carbocycles. The number of ether oxygens (including phenoxy) is 2. The lowest BCUT2D eigenvalue weighted by Gasteiger charge is -2.50. The molecule has 25 heavy (non-hydrogen) atoms. The lowest BCUT2D eigenvalue weighted by Crippen LogP contribution is -2.69. The van der Waals surface area contributed by atoms with Crippen LogP contribution < -0.4 is 0 Å². The second kappa shape index (κ2) is 8.01. The van der Waals surface area contributed by atoms with Crippen LogP contribution in [0.5, 0.6) is 0 Å². The molecule has 5 nitrogen and oxygen atoms in total. The third kappa shape index (κ3) is 4.33. The topological polar surface area (TPSA) is 55.8 Å². The quantitative estimate of drug-likeness (QED) is 0.269. The van der Waals surface area contributed by atoms with Gasteiger partial charge >= 0.3 is 5.97 Å². The summed E-state index contributed by atoms with van der Waals surface area (Å²) in [5.41, 5.74) is 1.77. The first-order valence-corrected chi connectivity index (χ1v) is 9.50. The number of nitrogens with zero attached hydrogens (tertiary/aromatic N) is 1. The molecule has 1 atom stereocenters. The third-order valence-corrected chi connectivity index (χ3v) is 5.03. The summed E-state index contributed by atoms with van der Waals surface area (Å²) in [7, 11) is 0. The Morgan fingerprint density at radius 1 is 1.24 bits per heavy atom. The van der Waals surface area contributed by atoms with Gasteiger partial charge in [-0.1, -0.05) is 62.2 Å². The van der Waals surface area contributed by atoms with Crippen molar-refractivity contribution < 1.29 is 19.1 Å². The molecule has 2 rings (SSSR count). The van der Waals surface area contributed by atoms with Crippen molar-refractivity contribution in [2.75, 3.05) is 0 Å². The van der Waals surface area contributed by atoms with Crippen LogP contribution in [0, 0.1) is 0 Å². The second-order valence-electron chi connectivity index (χ2n) is 6.25. The Morgan fingerprint density at radius 3 is 2.36 bits per heavy atom. The lowest BCUT2D eigenvalue weighted by atomic mass is 10.1. The first-order chi connectivity index (χ1) is 11.7. The Kier molecular flexibility index (Phi) is 6.45. The highest BCUT2D eigenvalue weighted by molar-refractivity contribution is 9.26. The molecule has 1 aliphatic heterocycles. The summed E-state index contributed by atoms with van der Waals surface area (Å²) in [5, 5.41) is 0. The van der Waals surface area contributed by atoms with Gasteiger partial charge in [-0.2, -0.15) is 0 Å². The molecule has 0 aromatic heterocycles. The van der Waals surface area contributed by atoms with Crippen LogP contribution in [0.2, 0.25) is 0 Å². The van der Waals surface area contributed by atoms with Crippen LogP contribution in [-0.2, 0) is 25.7 Å². The molecule has 1 aromatic carbocycles. The maximum absolute atomic E-state index is 12.6. The number of halogens is 2. The highest BCUT2D eigenvalue weighted by atomic mass is 79.9. The van der Waals surface area contributed by atoms with E-state index in [1.807, 2.05) is 44.2 Å². The lowest BCUT2D eigenvalue weighted by molar-refractivity contribution is -0.178. The normalized spacial score (nSPS) is 18.8. The number of carbonyl (C=O) groups is 2. The number of alkyl halides is 2. The molecule has 136 valence electrons. The van der Waals surface area contributed by atoms with Crippen LogP contribution in [-0.4, -0.2) is 32.3 Å². The van der Waals surface area contributed by atoms with E-state index in [1.54, 1.807) is 13.8 Å². The molecule has 1 unspecified atom stereocenters. The van der Waals surface area contributed by atoms with Crippen molar-refractivity contribution in [2.45, 2.75) is 49.9 Å². The SMILES string of the molecule is CC(C)=C(C(=O)OCc1ccccc1)N1C(=O)C(Br)(Br)C1OC(C)C. The fourth-order valence-electron chi connectivity index (χ4n) is 2.43. The van der Waals surface area contributed by atoms with E-state index in [0.717, 1.165) is 5.56 Å². The van der Waals surface area contributed by atoms with Gasteiger partial charge < -0.3 is 9.47 Å². The number of amides is 1. The van der Waals surface area contributed by atoms with Gasteiger partial charge in [-0.05, 0) is 38.8 Å². The first-order valence-electron chi connectivity index (χ1n) is 7.91. The summed E-state index contributed by atoms with van der Waals surface area (Å²) >= 11 is 6.67. The Balaban J connectivity index is 2.18. The summed E-state index contributed by atoms with van der Waals surface area (Å²) in [6, 6.07) is 9.39. The Labute approximate surface area is 164 Å². The van der Waals surface area contributed by atoms with Crippen molar-refractivity contribution in [2.24, 2.45) is 0 Å². The van der Waals surface area contributed by atoms with Crippen LogP contribution in [0.25, 0.3) is 0 Å². The van der Waals surface area contributed by atoms with Gasteiger partial charge in [-0.3, -0.25) is 9.69 Å². The molecular formula is C18H21Br2NO4. The number of hydrogen-bond donors (Lipinski definition) is 0. The van der Waals surface area contributed by atoms with E-state index < -0.39 is 15.4 Å². The van der Waals surface area contributed by atoms with Gasteiger partial charge in [0.2, 0.25) is 3.23 Å². The van der Waals surface area contributed by atoms with Gasteiger partial charge in [0.15, 0.2) is 6.23 Å². The standard InChI is InChI=1S/C18H21Br2NO4/c1-11(2)14(15(22)24-10-13-8-6-5-7-9-13)21-16(23)18(19,20)17(21)25-12(3)4/h5-9,12,17H,10H2,1-4H3. The van der Waals surface area contributed by atoms with Crippen molar-refractivity contribution in [3.8, 4) is 0 Å². The smallest absolute Gasteiger partial charge is 0.355 e. The summed E-state index contributed by atoms with van der Waals surface area (Å²) in [6.45, 7) is 7.41. The van der Waals surface area contributed by atoms with E-state index in [0.29, 0.717) is 5.57 Å². The van der Waals surface area contributed by atoms with E-state index in [4.69, 9.17) is 9.47 Å². The molecule has 0 N–H and O–H groups in total. The van der Waals surface area contributed by atoms with Crippen molar-refractivity contribution in [3.63, 3.8) is 0 Å². The molecule has 1 aliphatic rings. The number of allylic oxidation sites excluding steroid dienone is 1. The molecule has 0 aliphatic carbocycles. The van der Waals surface area contributed by atoms with E-state index in [1.165, 1.54) is 4.90 Å². The second-order valence-corrected chi connectivity index (χ2v) is 9.81. The Morgan fingerprint density at radius 2 is 1.84 bits per heavy atom. The predicted molar refractivity (Wildman–Crippen MR) is 102 cm³/mol. The molecule has 0 spiro atoms. The molecule has 1 fully saturated rings. The van der Waals surface area contributed by atoms with E-state index in [-0.39, 0.29) is 24.3 Å². The monoisotopic (exact) mass is 473 g/mol. The molecule has 0 radical (unpaired) electrons. The van der Waals surface area contributed by atoms with Gasteiger partial charge in [-0.15, -0.1) is 0 Å². The Bertz CT molecular complexity index is 682. The van der Waals surface area contributed by atoms with Crippen molar-refractivity contribution in [3.05, 3.63) is 47.2 Å². The minimum atomic E-state index is -1.04. The number of likely N-dealkylation sites (tertiary alicyclic amines) is 1. The third-order valence-electron chi connectivity index (χ3n) is 3.57. The van der Waals surface area contributed by atoms with E-state index >= 15 is 0 Å². The van der Waals surface area contributed by atoms with Crippen molar-refractivity contribution in [1.29, 1.82) is 0 Å². The molecule has 7 heteroatoms. The van der Waals surface area contributed by atoms with Crippen LogP contribution >= 0.6 is 31.9 Å². The van der Waals surface area contributed by atoms with Crippen LogP contribution in [0.3, 0.4) is 0 Å². The maximum Gasteiger partial charge on any atom is 0.355 e. The number of β-lactam (4-membered cyclic amide) rings is 1. The summed E-state index contributed by atoms with van der Waals surface area (Å²) in [6.07, 6.45) is -0.761. The van der Waals surface area contributed by atoms with Gasteiger partial charge in [0.05, 0.1) is 6.10 Å². The molecule has 1 amide bonds. The zero-order valence-corrected chi connectivity index (χ0v) is 17.8. The number of rotatable bonds is 6. The fraction of sp³-hybridized carbons (Fsp3) is 0.444. The van der Waals surface area contributed by atoms with Gasteiger partial charge in [0.1, 0.15) is 12.3 Å². The largest absolute Gasteiger partial charge is 0.456 e. The minimum absolute atomic E-state index is 0.117. The average Bonchev–Trinajstić information content (AvgIpc) is 2.56. The number of hydrogen-bond acceptors (Lipinski definition) is 4. The Hall–Kier alpha value is -1.18. The molecule has 1 aromatic rings. The van der Waals surface area contributed by atoms with Crippen LogP contribution in [0.15, 0.2) is 41.6 Å². The maximum atomic E-state index is 12.6. The van der Waals surface area contributed by atoms with Gasteiger partial charge in [-0.25, -0.2) is 4.79 Å². The van der Waals surface area contributed by atoms with Crippen LogP contribution in [0.1, 0.15) is 33.3 Å². The predicted octanol–water partition coefficient (Wildman–Crippen LogP) is 4.10. The fourth-order valence-corrected chi connectivity index (χ4v) is 3.43. The van der Waals surface area contributed by atoms with E-state index in [2.05, 4.69) is 31.9 Å². The summed E-state index contributed by atoms with van der Waals surface area (Å²) in [5.74, 6) is -0.851. The number of benzene rings is 1. The zero-order valence-electron chi connectivity index (χ0n) is 14.6. The first kappa shape index (κ1) is 20.1.